The molecule has 0 atom stereocenters. The van der Waals surface area contributed by atoms with E-state index in [-0.39, 0.29) is 0 Å². The second-order valence-corrected chi connectivity index (χ2v) is 2.68. The van der Waals surface area contributed by atoms with Crippen LogP contribution in [0.3, 0.4) is 0 Å². The lowest BCUT2D eigenvalue weighted by atomic mass is 10.3. The summed E-state index contributed by atoms with van der Waals surface area (Å²) in [6, 6.07) is 0.294. The molecule has 1 aromatic rings. The number of rotatable bonds is 2. The van der Waals surface area contributed by atoms with Crippen molar-refractivity contribution in [2.45, 2.75) is 12.8 Å². The lowest BCUT2D eigenvalue weighted by molar-refractivity contribution is -0.274. The van der Waals surface area contributed by atoms with Crippen molar-refractivity contribution in [3.63, 3.8) is 0 Å². The molecule has 0 aromatic carbocycles. The molecule has 0 saturated heterocycles. The molecule has 0 aliphatic carbocycles. The van der Waals surface area contributed by atoms with Crippen LogP contribution < -0.4 is 15.9 Å². The number of hydrogen-bond donors (Lipinski definition) is 2. The Kier molecular flexibility index (Phi) is 3.06. The monoisotopic (exact) mass is 244 g/mol. The van der Waals surface area contributed by atoms with Crippen LogP contribution >= 0.6 is 0 Å². The first-order valence-corrected chi connectivity index (χ1v) is 3.77. The van der Waals surface area contributed by atoms with Crippen molar-refractivity contribution in [3.8, 4) is 5.75 Å². The highest BCUT2D eigenvalue weighted by molar-refractivity contribution is 5.46. The zero-order valence-electron chi connectivity index (χ0n) is 7.44. The van der Waals surface area contributed by atoms with Gasteiger partial charge in [-0.15, -0.1) is 13.2 Å². The summed E-state index contributed by atoms with van der Waals surface area (Å²) in [6.45, 7) is 0. The van der Waals surface area contributed by atoms with Gasteiger partial charge in [0.25, 0.3) is 6.43 Å². The molecule has 1 rings (SSSR count). The van der Waals surface area contributed by atoms with Gasteiger partial charge in [-0.2, -0.15) is 0 Å². The van der Waals surface area contributed by atoms with Gasteiger partial charge in [-0.05, 0) is 0 Å². The third kappa shape index (κ3) is 2.84. The summed E-state index contributed by atoms with van der Waals surface area (Å²) >= 11 is 0. The number of nitrogens with one attached hydrogen (secondary N) is 1. The predicted molar refractivity (Wildman–Crippen MR) is 43.1 cm³/mol. The molecule has 0 aliphatic heterocycles. The van der Waals surface area contributed by atoms with Crippen molar-refractivity contribution in [1.29, 1.82) is 0 Å². The van der Waals surface area contributed by atoms with E-state index in [1.54, 1.807) is 4.98 Å². The number of H-pyrrole nitrogens is 1. The third-order valence-corrected chi connectivity index (χ3v) is 1.49. The smallest absolute Gasteiger partial charge is 0.398 e. The molecule has 90 valence electrons. The van der Waals surface area contributed by atoms with Gasteiger partial charge in [-0.3, -0.25) is 4.79 Å². The minimum Gasteiger partial charge on any atom is -0.398 e. The maximum absolute atomic E-state index is 12.1. The zero-order valence-corrected chi connectivity index (χ0v) is 7.44. The summed E-state index contributed by atoms with van der Waals surface area (Å²) in [6.07, 6.45) is -8.16. The van der Waals surface area contributed by atoms with Crippen molar-refractivity contribution in [3.05, 3.63) is 22.0 Å². The van der Waals surface area contributed by atoms with Crippen LogP contribution in [0, 0.1) is 0 Å². The Morgan fingerprint density at radius 3 is 2.31 bits per heavy atom. The Balaban J connectivity index is 3.19. The van der Waals surface area contributed by atoms with Gasteiger partial charge in [-0.1, -0.05) is 0 Å². The molecule has 0 fully saturated rings. The Bertz CT molecular complexity index is 439. The van der Waals surface area contributed by atoms with Crippen LogP contribution in [0.1, 0.15) is 12.1 Å². The van der Waals surface area contributed by atoms with Gasteiger partial charge >= 0.3 is 6.36 Å². The van der Waals surface area contributed by atoms with Gasteiger partial charge in [0.15, 0.2) is 0 Å². The van der Waals surface area contributed by atoms with Gasteiger partial charge in [0.2, 0.25) is 11.2 Å². The number of nitrogens with two attached hydrogens (primary N) is 1. The van der Waals surface area contributed by atoms with Crippen molar-refractivity contribution in [2.75, 3.05) is 5.73 Å². The summed E-state index contributed by atoms with van der Waals surface area (Å²) in [7, 11) is 0. The molecular weight excluding hydrogens is 239 g/mol. The van der Waals surface area contributed by atoms with E-state index >= 15 is 0 Å². The SMILES string of the molecule is Nc1[nH]c(C(F)F)cc(=O)c1OC(F)(F)F. The third-order valence-electron chi connectivity index (χ3n) is 1.49. The lowest BCUT2D eigenvalue weighted by Gasteiger charge is -2.11. The first-order valence-electron chi connectivity index (χ1n) is 3.77. The van der Waals surface area contributed by atoms with Crippen molar-refractivity contribution in [2.24, 2.45) is 0 Å². The average molecular weight is 244 g/mol. The maximum Gasteiger partial charge on any atom is 0.573 e. The number of pyridine rings is 1. The highest BCUT2D eigenvalue weighted by atomic mass is 19.4. The average Bonchev–Trinajstić information content (AvgIpc) is 2.09. The molecule has 0 saturated carbocycles. The molecule has 4 nitrogen and oxygen atoms in total. The number of aromatic nitrogens is 1. The molecule has 16 heavy (non-hydrogen) atoms. The van der Waals surface area contributed by atoms with E-state index in [1.165, 1.54) is 0 Å². The first kappa shape index (κ1) is 12.3. The largest absolute Gasteiger partial charge is 0.573 e. The molecule has 0 amide bonds. The van der Waals surface area contributed by atoms with Gasteiger partial charge in [0.05, 0.1) is 5.69 Å². The summed E-state index contributed by atoms with van der Waals surface area (Å²) in [5.41, 5.74) is 2.70. The number of alkyl halides is 5. The number of hydrogen-bond acceptors (Lipinski definition) is 3. The first-order chi connectivity index (χ1) is 7.20. The van der Waals surface area contributed by atoms with Gasteiger partial charge < -0.3 is 15.5 Å². The van der Waals surface area contributed by atoms with Gasteiger partial charge in [0, 0.05) is 6.07 Å². The molecule has 0 spiro atoms. The Hall–Kier alpha value is -1.80. The molecule has 1 aromatic heterocycles. The van der Waals surface area contributed by atoms with Crippen LogP contribution in [0.4, 0.5) is 27.8 Å². The lowest BCUT2D eigenvalue weighted by Crippen LogP contribution is -2.23. The molecule has 0 radical (unpaired) electrons. The van der Waals surface area contributed by atoms with Crippen LogP contribution in [0.15, 0.2) is 10.9 Å². The van der Waals surface area contributed by atoms with Crippen LogP contribution in [0.25, 0.3) is 0 Å². The summed E-state index contributed by atoms with van der Waals surface area (Å²) in [5.74, 6) is -2.16. The number of halogens is 5. The van der Waals surface area contributed by atoms with Crippen LogP contribution in [-0.2, 0) is 0 Å². The van der Waals surface area contributed by atoms with Gasteiger partial charge in [0.1, 0.15) is 5.82 Å². The molecule has 0 aliphatic rings. The van der Waals surface area contributed by atoms with Crippen molar-refractivity contribution >= 4 is 5.82 Å². The van der Waals surface area contributed by atoms with E-state index in [1.807, 2.05) is 0 Å². The fraction of sp³-hybridized carbons (Fsp3) is 0.286. The van der Waals surface area contributed by atoms with E-state index in [0.29, 0.717) is 6.07 Å². The minimum atomic E-state index is -5.12. The summed E-state index contributed by atoms with van der Waals surface area (Å²) in [5, 5.41) is 0. The maximum atomic E-state index is 12.1. The highest BCUT2D eigenvalue weighted by Gasteiger charge is 2.33. The van der Waals surface area contributed by atoms with Crippen molar-refractivity contribution < 1.29 is 26.7 Å². The van der Waals surface area contributed by atoms with Gasteiger partial charge in [-0.25, -0.2) is 8.78 Å². The normalized spacial score (nSPS) is 11.9. The predicted octanol–water partition coefficient (Wildman–Crippen LogP) is 1.79. The standard InChI is InChI=1S/C7H5F5N2O2/c8-5(9)2-1-3(15)4(6(13)14-2)16-7(10,11)12/h1,5H,(H3,13,14,15). The van der Waals surface area contributed by atoms with E-state index in [2.05, 4.69) is 4.74 Å². The Morgan fingerprint density at radius 1 is 1.38 bits per heavy atom. The Morgan fingerprint density at radius 2 is 1.94 bits per heavy atom. The van der Waals surface area contributed by atoms with Crippen molar-refractivity contribution in [1.82, 2.24) is 4.98 Å². The molecule has 1 heterocycles. The zero-order chi connectivity index (χ0) is 12.5. The molecule has 9 heteroatoms. The van der Waals surface area contributed by atoms with Crippen LogP contribution in [0.5, 0.6) is 5.75 Å². The fourth-order valence-corrected chi connectivity index (χ4v) is 0.926. The second kappa shape index (κ2) is 3.99. The minimum absolute atomic E-state index is 0.294. The quantitative estimate of drug-likeness (QED) is 0.779. The Labute approximate surface area is 84.8 Å². The second-order valence-electron chi connectivity index (χ2n) is 2.68. The van der Waals surface area contributed by atoms with Crippen LogP contribution in [-0.4, -0.2) is 11.3 Å². The number of nitrogen functional groups attached to an aromatic ring is 1. The van der Waals surface area contributed by atoms with E-state index < -0.39 is 35.5 Å². The molecule has 3 N–H and O–H groups in total. The summed E-state index contributed by atoms with van der Waals surface area (Å²) < 4.78 is 62.8. The number of ether oxygens (including phenoxy) is 1. The van der Waals surface area contributed by atoms with E-state index in [0.717, 1.165) is 0 Å². The fourth-order valence-electron chi connectivity index (χ4n) is 0.926. The summed E-state index contributed by atoms with van der Waals surface area (Å²) in [4.78, 5) is 12.7. The molecule has 0 unspecified atom stereocenters. The highest BCUT2D eigenvalue weighted by Crippen LogP contribution is 2.25. The van der Waals surface area contributed by atoms with Crippen LogP contribution in [0.2, 0.25) is 0 Å². The topological polar surface area (TPSA) is 68.1 Å². The molecular formula is C7H5F5N2O2. The number of aromatic amines is 1. The molecule has 0 bridgehead atoms. The van der Waals surface area contributed by atoms with E-state index in [9.17, 15) is 26.7 Å². The number of anilines is 1. The van der Waals surface area contributed by atoms with E-state index in [4.69, 9.17) is 5.73 Å².